The van der Waals surface area contributed by atoms with Gasteiger partial charge in [-0.3, -0.25) is 0 Å². The molecule has 0 bridgehead atoms. The van der Waals surface area contributed by atoms with Crippen molar-refractivity contribution in [2.24, 2.45) is 0 Å². The van der Waals surface area contributed by atoms with Crippen LogP contribution in [0, 0.1) is 5.82 Å². The molecule has 0 aliphatic heterocycles. The van der Waals surface area contributed by atoms with Crippen LogP contribution in [0.2, 0.25) is 5.02 Å². The number of hydrogen-bond acceptors (Lipinski definition) is 3. The first-order valence-electron chi connectivity index (χ1n) is 3.32. The Bertz CT molecular complexity index is 331. The molecule has 1 aromatic rings. The number of halogens is 2. The summed E-state index contributed by atoms with van der Waals surface area (Å²) in [6.07, 6.45) is 0. The van der Waals surface area contributed by atoms with E-state index >= 15 is 0 Å². The lowest BCUT2D eigenvalue weighted by Gasteiger charge is -2.02. The van der Waals surface area contributed by atoms with Gasteiger partial charge in [0.1, 0.15) is 0 Å². The van der Waals surface area contributed by atoms with Crippen molar-refractivity contribution in [1.29, 1.82) is 0 Å². The fraction of sp³-hybridized carbons (Fsp3) is 0.125. The Hall–Kier alpha value is -0.740. The Kier molecular flexibility index (Phi) is 3.17. The van der Waals surface area contributed by atoms with Gasteiger partial charge in [0, 0.05) is 4.90 Å². The first kappa shape index (κ1) is 10.3. The normalized spacial score (nSPS) is 9.85. The van der Waals surface area contributed by atoms with Gasteiger partial charge in [-0.15, -0.1) is 12.6 Å². The van der Waals surface area contributed by atoms with Gasteiger partial charge in [-0.2, -0.15) is 0 Å². The average molecular weight is 221 g/mol. The molecule has 0 radical (unpaired) electrons. The Balaban J connectivity index is 3.20. The minimum Gasteiger partial charge on any atom is -0.465 e. The van der Waals surface area contributed by atoms with E-state index in [-0.39, 0.29) is 15.5 Å². The van der Waals surface area contributed by atoms with Crippen LogP contribution in [0.15, 0.2) is 17.0 Å². The molecule has 0 unspecified atom stereocenters. The zero-order chi connectivity index (χ0) is 10.0. The van der Waals surface area contributed by atoms with Gasteiger partial charge >= 0.3 is 5.97 Å². The number of rotatable bonds is 1. The van der Waals surface area contributed by atoms with Gasteiger partial charge in [0.15, 0.2) is 5.82 Å². The van der Waals surface area contributed by atoms with E-state index < -0.39 is 11.8 Å². The standard InChI is InChI=1S/C8H6ClFO2S/c1-12-8(11)4-2-5(9)7(10)6(13)3-4/h2-3,13H,1H3. The third kappa shape index (κ3) is 2.14. The molecule has 5 heteroatoms. The summed E-state index contributed by atoms with van der Waals surface area (Å²) in [5.41, 5.74) is 0.180. The molecule has 0 aromatic heterocycles. The van der Waals surface area contributed by atoms with E-state index in [1.165, 1.54) is 19.2 Å². The SMILES string of the molecule is COC(=O)c1cc(S)c(F)c(Cl)c1. The van der Waals surface area contributed by atoms with E-state index in [9.17, 15) is 9.18 Å². The zero-order valence-electron chi connectivity index (χ0n) is 6.67. The molecular weight excluding hydrogens is 215 g/mol. The molecule has 0 saturated heterocycles. The lowest BCUT2D eigenvalue weighted by atomic mass is 10.2. The predicted molar refractivity (Wildman–Crippen MR) is 50.0 cm³/mol. The first-order valence-corrected chi connectivity index (χ1v) is 4.15. The third-order valence-electron chi connectivity index (χ3n) is 1.43. The summed E-state index contributed by atoms with van der Waals surface area (Å²) in [4.78, 5) is 11.0. The van der Waals surface area contributed by atoms with Crippen LogP contribution in [-0.4, -0.2) is 13.1 Å². The highest BCUT2D eigenvalue weighted by molar-refractivity contribution is 7.80. The number of carbonyl (C=O) groups excluding carboxylic acids is 1. The molecule has 0 aliphatic rings. The summed E-state index contributed by atoms with van der Waals surface area (Å²) < 4.78 is 17.3. The molecule has 0 fully saturated rings. The largest absolute Gasteiger partial charge is 0.465 e. The van der Waals surface area contributed by atoms with Crippen molar-refractivity contribution in [3.63, 3.8) is 0 Å². The lowest BCUT2D eigenvalue weighted by molar-refractivity contribution is 0.0600. The number of hydrogen-bond donors (Lipinski definition) is 1. The molecule has 0 atom stereocenters. The van der Waals surface area contributed by atoms with Gasteiger partial charge in [0.05, 0.1) is 17.7 Å². The van der Waals surface area contributed by atoms with E-state index in [1.807, 2.05) is 0 Å². The Morgan fingerprint density at radius 2 is 2.23 bits per heavy atom. The van der Waals surface area contributed by atoms with Crippen molar-refractivity contribution in [2.75, 3.05) is 7.11 Å². The minimum absolute atomic E-state index is 0.0212. The van der Waals surface area contributed by atoms with E-state index in [1.54, 1.807) is 0 Å². The van der Waals surface area contributed by atoms with Gasteiger partial charge in [-0.05, 0) is 12.1 Å². The van der Waals surface area contributed by atoms with Gasteiger partial charge in [0.2, 0.25) is 0 Å². The Labute approximate surface area is 85.1 Å². The molecule has 2 nitrogen and oxygen atoms in total. The van der Waals surface area contributed by atoms with Crippen molar-refractivity contribution in [1.82, 2.24) is 0 Å². The van der Waals surface area contributed by atoms with Crippen molar-refractivity contribution in [3.8, 4) is 0 Å². The van der Waals surface area contributed by atoms with Gasteiger partial charge in [-0.1, -0.05) is 11.6 Å². The Morgan fingerprint density at radius 3 is 2.69 bits per heavy atom. The second kappa shape index (κ2) is 3.98. The van der Waals surface area contributed by atoms with Crippen molar-refractivity contribution in [3.05, 3.63) is 28.5 Å². The van der Waals surface area contributed by atoms with Crippen LogP contribution in [0.4, 0.5) is 4.39 Å². The maximum absolute atomic E-state index is 12.9. The summed E-state index contributed by atoms with van der Waals surface area (Å²) in [5.74, 6) is -1.21. The molecule has 1 aromatic carbocycles. The monoisotopic (exact) mass is 220 g/mol. The molecular formula is C8H6ClFO2S. The topological polar surface area (TPSA) is 26.3 Å². The molecule has 1 rings (SSSR count). The highest BCUT2D eigenvalue weighted by Gasteiger charge is 2.11. The van der Waals surface area contributed by atoms with E-state index in [0.717, 1.165) is 0 Å². The number of carbonyl (C=O) groups is 1. The lowest BCUT2D eigenvalue weighted by Crippen LogP contribution is -2.01. The molecule has 13 heavy (non-hydrogen) atoms. The van der Waals surface area contributed by atoms with Gasteiger partial charge < -0.3 is 4.74 Å². The molecule has 0 saturated carbocycles. The number of benzene rings is 1. The summed E-state index contributed by atoms with van der Waals surface area (Å²) in [6, 6.07) is 2.46. The number of methoxy groups -OCH3 is 1. The second-order valence-corrected chi connectivity index (χ2v) is 3.17. The van der Waals surface area contributed by atoms with Crippen LogP contribution < -0.4 is 0 Å². The van der Waals surface area contributed by atoms with E-state index in [4.69, 9.17) is 11.6 Å². The molecule has 0 amide bonds. The third-order valence-corrected chi connectivity index (χ3v) is 2.03. The highest BCUT2D eigenvalue weighted by Crippen LogP contribution is 2.23. The van der Waals surface area contributed by atoms with E-state index in [2.05, 4.69) is 17.4 Å². The maximum atomic E-state index is 12.9. The second-order valence-electron chi connectivity index (χ2n) is 2.28. The predicted octanol–water partition coefficient (Wildman–Crippen LogP) is 2.55. The summed E-state index contributed by atoms with van der Waals surface area (Å²) in [6.45, 7) is 0. The van der Waals surface area contributed by atoms with E-state index in [0.29, 0.717) is 0 Å². The minimum atomic E-state index is -0.641. The fourth-order valence-corrected chi connectivity index (χ4v) is 1.36. The van der Waals surface area contributed by atoms with Crippen molar-refractivity contribution in [2.45, 2.75) is 4.90 Å². The smallest absolute Gasteiger partial charge is 0.337 e. The van der Waals surface area contributed by atoms with Crippen LogP contribution in [0.3, 0.4) is 0 Å². The summed E-state index contributed by atoms with van der Waals surface area (Å²) in [5, 5.41) is -0.145. The number of thiol groups is 1. The van der Waals surface area contributed by atoms with Crippen molar-refractivity contribution < 1.29 is 13.9 Å². The van der Waals surface area contributed by atoms with Crippen molar-refractivity contribution >= 4 is 30.2 Å². The Morgan fingerprint density at radius 1 is 1.62 bits per heavy atom. The van der Waals surface area contributed by atoms with Crippen LogP contribution in [0.1, 0.15) is 10.4 Å². The summed E-state index contributed by atoms with van der Waals surface area (Å²) >= 11 is 9.29. The van der Waals surface area contributed by atoms with Gasteiger partial charge in [-0.25, -0.2) is 9.18 Å². The number of esters is 1. The van der Waals surface area contributed by atoms with Crippen LogP contribution in [0.5, 0.6) is 0 Å². The summed E-state index contributed by atoms with van der Waals surface area (Å²) in [7, 11) is 1.23. The molecule has 0 spiro atoms. The maximum Gasteiger partial charge on any atom is 0.337 e. The van der Waals surface area contributed by atoms with Crippen LogP contribution >= 0.6 is 24.2 Å². The van der Waals surface area contributed by atoms with Gasteiger partial charge in [0.25, 0.3) is 0 Å². The van der Waals surface area contributed by atoms with Crippen LogP contribution in [0.25, 0.3) is 0 Å². The zero-order valence-corrected chi connectivity index (χ0v) is 8.32. The average Bonchev–Trinajstić information content (AvgIpc) is 2.12. The van der Waals surface area contributed by atoms with Crippen LogP contribution in [-0.2, 0) is 4.74 Å². The molecule has 0 aliphatic carbocycles. The quantitative estimate of drug-likeness (QED) is 0.582. The molecule has 0 N–H and O–H groups in total. The molecule has 70 valence electrons. The first-order chi connectivity index (χ1) is 6.06. The fourth-order valence-electron chi connectivity index (χ4n) is 0.810. The molecule has 0 heterocycles. The highest BCUT2D eigenvalue weighted by atomic mass is 35.5. The number of ether oxygens (including phenoxy) is 1.